The first-order valence-corrected chi connectivity index (χ1v) is 8.22. The number of rotatable bonds is 5. The number of aliphatic hydroxyl groups excluding tert-OH is 1. The third-order valence-electron chi connectivity index (χ3n) is 3.01. The third kappa shape index (κ3) is 7.90. The second kappa shape index (κ2) is 9.28. The fraction of sp³-hybridized carbons (Fsp3) is 0.526. The van der Waals surface area contributed by atoms with Crippen LogP contribution in [0.2, 0.25) is 0 Å². The summed E-state index contributed by atoms with van der Waals surface area (Å²) in [7, 11) is 0. The number of hydrogen-bond acceptors (Lipinski definition) is 4. The summed E-state index contributed by atoms with van der Waals surface area (Å²) in [6.45, 7) is 8.70. The predicted octanol–water partition coefficient (Wildman–Crippen LogP) is 3.24. The molecule has 0 heterocycles. The summed E-state index contributed by atoms with van der Waals surface area (Å²) < 4.78 is 24.1. The van der Waals surface area contributed by atoms with Crippen molar-refractivity contribution >= 4 is 6.09 Å². The number of carbonyl (C=O) groups excluding carboxylic acids is 1. The van der Waals surface area contributed by atoms with Crippen molar-refractivity contribution in [2.45, 2.75) is 58.8 Å². The van der Waals surface area contributed by atoms with E-state index in [0.29, 0.717) is 12.0 Å². The normalized spacial score (nSPS) is 13.2. The zero-order valence-corrected chi connectivity index (χ0v) is 15.4. The highest BCUT2D eigenvalue weighted by Gasteiger charge is 2.18. The van der Waals surface area contributed by atoms with Crippen molar-refractivity contribution in [3.63, 3.8) is 0 Å². The summed E-state index contributed by atoms with van der Waals surface area (Å²) in [6, 6.07) is 3.59. The maximum atomic E-state index is 13.4. The highest BCUT2D eigenvalue weighted by atomic mass is 19.1. The van der Waals surface area contributed by atoms with E-state index in [1.54, 1.807) is 27.7 Å². The smallest absolute Gasteiger partial charge is 0.408 e. The van der Waals surface area contributed by atoms with Gasteiger partial charge < -0.3 is 19.9 Å². The van der Waals surface area contributed by atoms with Gasteiger partial charge in [-0.1, -0.05) is 18.8 Å². The van der Waals surface area contributed by atoms with Gasteiger partial charge >= 0.3 is 6.09 Å². The second-order valence-electron chi connectivity index (χ2n) is 6.63. The topological polar surface area (TPSA) is 67.8 Å². The van der Waals surface area contributed by atoms with Crippen LogP contribution < -0.4 is 10.1 Å². The molecule has 1 rings (SSSR count). The van der Waals surface area contributed by atoms with Crippen LogP contribution in [-0.4, -0.2) is 35.6 Å². The first-order chi connectivity index (χ1) is 11.6. The highest BCUT2D eigenvalue weighted by Crippen LogP contribution is 2.20. The minimum atomic E-state index is -0.589. The van der Waals surface area contributed by atoms with Crippen molar-refractivity contribution in [3.05, 3.63) is 29.6 Å². The number of ether oxygens (including phenoxy) is 2. The zero-order chi connectivity index (χ0) is 19.0. The van der Waals surface area contributed by atoms with Gasteiger partial charge in [0.25, 0.3) is 0 Å². The Hall–Kier alpha value is -2.26. The fourth-order valence-corrected chi connectivity index (χ4v) is 1.81. The molecular formula is C19H26FNO4. The molecule has 6 heteroatoms. The van der Waals surface area contributed by atoms with E-state index in [0.717, 1.165) is 0 Å². The number of nitrogens with one attached hydrogen (secondary N) is 1. The number of alkyl carbamates (subject to hydrolysis) is 1. The lowest BCUT2D eigenvalue weighted by Crippen LogP contribution is -2.38. The minimum Gasteiger partial charge on any atom is -0.487 e. The van der Waals surface area contributed by atoms with Gasteiger partial charge in [0.2, 0.25) is 0 Å². The quantitative estimate of drug-likeness (QED) is 0.799. The lowest BCUT2D eigenvalue weighted by molar-refractivity contribution is 0.0515. The van der Waals surface area contributed by atoms with Crippen LogP contribution in [0.25, 0.3) is 0 Å². The molecule has 1 amide bonds. The van der Waals surface area contributed by atoms with Crippen LogP contribution in [0, 0.1) is 17.7 Å². The van der Waals surface area contributed by atoms with Crippen LogP contribution in [0.1, 0.15) is 46.6 Å². The van der Waals surface area contributed by atoms with Gasteiger partial charge in [-0.15, -0.1) is 0 Å². The molecule has 1 aromatic carbocycles. The molecule has 0 aromatic heterocycles. The van der Waals surface area contributed by atoms with E-state index in [-0.39, 0.29) is 12.4 Å². The average Bonchev–Trinajstić information content (AvgIpc) is 2.50. The van der Waals surface area contributed by atoms with E-state index in [4.69, 9.17) is 14.6 Å². The van der Waals surface area contributed by atoms with Gasteiger partial charge in [0.05, 0.1) is 18.2 Å². The average molecular weight is 351 g/mol. The Labute approximate surface area is 148 Å². The third-order valence-corrected chi connectivity index (χ3v) is 3.01. The molecule has 0 radical (unpaired) electrons. The first kappa shape index (κ1) is 20.8. The fourth-order valence-electron chi connectivity index (χ4n) is 1.81. The molecule has 0 aliphatic carbocycles. The minimum absolute atomic E-state index is 0.193. The summed E-state index contributed by atoms with van der Waals surface area (Å²) in [5, 5.41) is 11.8. The lowest BCUT2D eigenvalue weighted by Gasteiger charge is -2.21. The van der Waals surface area contributed by atoms with E-state index >= 15 is 0 Å². The van der Waals surface area contributed by atoms with E-state index in [1.807, 2.05) is 6.92 Å². The summed E-state index contributed by atoms with van der Waals surface area (Å²) in [4.78, 5) is 11.8. The molecule has 0 aliphatic heterocycles. The monoisotopic (exact) mass is 351 g/mol. The molecule has 0 saturated carbocycles. The number of aliphatic hydroxyl groups is 1. The Bertz CT molecular complexity index is 643. The Morgan fingerprint density at radius 1 is 1.40 bits per heavy atom. The lowest BCUT2D eigenvalue weighted by atomic mass is 10.1. The molecule has 0 spiro atoms. The van der Waals surface area contributed by atoms with Gasteiger partial charge in [0, 0.05) is 6.07 Å². The van der Waals surface area contributed by atoms with Gasteiger partial charge in [-0.25, -0.2) is 9.18 Å². The summed E-state index contributed by atoms with van der Waals surface area (Å²) in [5.41, 5.74) is -0.111. The van der Waals surface area contributed by atoms with Crippen LogP contribution in [0.3, 0.4) is 0 Å². The summed E-state index contributed by atoms with van der Waals surface area (Å²) in [5.74, 6) is 5.62. The molecule has 0 fully saturated rings. The van der Waals surface area contributed by atoms with Gasteiger partial charge in [-0.05, 0) is 46.2 Å². The van der Waals surface area contributed by atoms with E-state index in [9.17, 15) is 9.18 Å². The number of hydrogen-bond donors (Lipinski definition) is 2. The van der Waals surface area contributed by atoms with Crippen LogP contribution in [0.15, 0.2) is 18.2 Å². The Morgan fingerprint density at radius 2 is 2.08 bits per heavy atom. The van der Waals surface area contributed by atoms with Gasteiger partial charge in [-0.3, -0.25) is 0 Å². The van der Waals surface area contributed by atoms with Crippen molar-refractivity contribution in [1.29, 1.82) is 0 Å². The van der Waals surface area contributed by atoms with E-state index < -0.39 is 29.7 Å². The largest absolute Gasteiger partial charge is 0.487 e. The van der Waals surface area contributed by atoms with Gasteiger partial charge in [0.1, 0.15) is 23.3 Å². The Morgan fingerprint density at radius 3 is 2.64 bits per heavy atom. The van der Waals surface area contributed by atoms with Crippen LogP contribution >= 0.6 is 0 Å². The number of amides is 1. The predicted molar refractivity (Wildman–Crippen MR) is 93.9 cm³/mol. The number of halogens is 1. The number of benzene rings is 1. The standard InChI is InChI=1S/C19H26FNO4/c1-6-16(21-18(23)25-19(3,4)5)10-8-14-7-9-15(20)11-17(14)24-13(2)12-22/h7,9,11,13,16,22H,6,12H2,1-5H3,(H,21,23)/t13-,16-/m1/s1. The molecule has 0 saturated heterocycles. The van der Waals surface area contributed by atoms with Crippen molar-refractivity contribution in [1.82, 2.24) is 5.32 Å². The molecule has 2 atom stereocenters. The number of carbonyl (C=O) groups is 1. The molecule has 5 nitrogen and oxygen atoms in total. The van der Waals surface area contributed by atoms with Crippen LogP contribution in [-0.2, 0) is 4.74 Å². The molecule has 2 N–H and O–H groups in total. The molecule has 0 aliphatic rings. The molecule has 0 unspecified atom stereocenters. The van der Waals surface area contributed by atoms with Crippen LogP contribution in [0.5, 0.6) is 5.75 Å². The summed E-state index contributed by atoms with van der Waals surface area (Å²) in [6.07, 6.45) is -0.446. The molecule has 25 heavy (non-hydrogen) atoms. The Kier molecular flexibility index (Phi) is 7.72. The molecule has 1 aromatic rings. The highest BCUT2D eigenvalue weighted by molar-refractivity contribution is 5.68. The maximum absolute atomic E-state index is 13.4. The van der Waals surface area contributed by atoms with Crippen LogP contribution in [0.4, 0.5) is 9.18 Å². The molecule has 0 bridgehead atoms. The van der Waals surface area contributed by atoms with Gasteiger partial charge in [0.15, 0.2) is 0 Å². The van der Waals surface area contributed by atoms with Gasteiger partial charge in [-0.2, -0.15) is 0 Å². The van der Waals surface area contributed by atoms with Crippen molar-refractivity contribution in [2.24, 2.45) is 0 Å². The summed E-state index contributed by atoms with van der Waals surface area (Å²) >= 11 is 0. The molecule has 138 valence electrons. The second-order valence-corrected chi connectivity index (χ2v) is 6.63. The Balaban J connectivity index is 2.91. The SMILES string of the molecule is CC[C@H](C#Cc1ccc(F)cc1O[C@H](C)CO)NC(=O)OC(C)(C)C. The first-order valence-electron chi connectivity index (χ1n) is 8.22. The van der Waals surface area contributed by atoms with Crippen molar-refractivity contribution < 1.29 is 23.8 Å². The van der Waals surface area contributed by atoms with E-state index in [2.05, 4.69) is 17.2 Å². The van der Waals surface area contributed by atoms with Crippen molar-refractivity contribution in [3.8, 4) is 17.6 Å². The van der Waals surface area contributed by atoms with Crippen molar-refractivity contribution in [2.75, 3.05) is 6.61 Å². The zero-order valence-electron chi connectivity index (χ0n) is 15.4. The van der Waals surface area contributed by atoms with E-state index in [1.165, 1.54) is 18.2 Å². The molecular weight excluding hydrogens is 325 g/mol. The maximum Gasteiger partial charge on any atom is 0.408 e.